The average molecular weight is 507 g/mol. The van der Waals surface area contributed by atoms with Gasteiger partial charge in [-0.05, 0) is 74.8 Å². The number of carbonyl (C=O) groups is 2. The van der Waals surface area contributed by atoms with E-state index in [0.717, 1.165) is 55.4 Å². The second-order valence-electron chi connectivity index (χ2n) is 9.78. The monoisotopic (exact) mass is 506 g/mol. The van der Waals surface area contributed by atoms with Gasteiger partial charge in [-0.2, -0.15) is 5.10 Å². The third-order valence-electron chi connectivity index (χ3n) is 7.00. The summed E-state index contributed by atoms with van der Waals surface area (Å²) >= 11 is 6.41. The van der Waals surface area contributed by atoms with Crippen LogP contribution in [0.2, 0.25) is 5.02 Å². The highest BCUT2D eigenvalue weighted by Crippen LogP contribution is 2.33. The van der Waals surface area contributed by atoms with Crippen LogP contribution in [0.15, 0.2) is 54.7 Å². The predicted molar refractivity (Wildman–Crippen MR) is 139 cm³/mol. The molecule has 1 heterocycles. The van der Waals surface area contributed by atoms with E-state index in [0.29, 0.717) is 23.0 Å². The number of rotatable bonds is 8. The molecule has 0 unspecified atom stereocenters. The molecule has 0 aliphatic heterocycles. The molecule has 7 nitrogen and oxygen atoms in total. The van der Waals surface area contributed by atoms with Crippen LogP contribution < -0.4 is 15.4 Å². The Morgan fingerprint density at radius 3 is 2.50 bits per heavy atom. The molecule has 5 rings (SSSR count). The van der Waals surface area contributed by atoms with Gasteiger partial charge in [0.15, 0.2) is 0 Å². The zero-order valence-corrected chi connectivity index (χ0v) is 21.1. The standard InChI is InChI=1S/C28H31ClN4O3/c1-18-15-23(36-17-19-5-3-2-4-6-19)13-14-25(18)32-28(35)26-24(29)16-30-33(26)22-11-9-21(10-12-22)31-27(34)20-7-8-20/h2-6,13-16,20-22H,7-12,17H2,1H3,(H,31,34)(H,32,35)/t21-,22+. The lowest BCUT2D eigenvalue weighted by molar-refractivity contribution is -0.123. The summed E-state index contributed by atoms with van der Waals surface area (Å²) in [5, 5.41) is 10.9. The number of anilines is 1. The molecule has 8 heteroatoms. The Labute approximate surface area is 216 Å². The van der Waals surface area contributed by atoms with Gasteiger partial charge in [-0.3, -0.25) is 14.3 Å². The molecule has 0 saturated heterocycles. The highest BCUT2D eigenvalue weighted by atomic mass is 35.5. The van der Waals surface area contributed by atoms with Crippen molar-refractivity contribution < 1.29 is 14.3 Å². The van der Waals surface area contributed by atoms with Gasteiger partial charge in [0.2, 0.25) is 5.91 Å². The number of nitrogens with one attached hydrogen (secondary N) is 2. The lowest BCUT2D eigenvalue weighted by Gasteiger charge is -2.30. The summed E-state index contributed by atoms with van der Waals surface area (Å²) in [6.07, 6.45) is 6.95. The van der Waals surface area contributed by atoms with Gasteiger partial charge in [-0.25, -0.2) is 0 Å². The van der Waals surface area contributed by atoms with Gasteiger partial charge in [0.1, 0.15) is 18.1 Å². The molecule has 36 heavy (non-hydrogen) atoms. The number of halogens is 1. The smallest absolute Gasteiger partial charge is 0.275 e. The van der Waals surface area contributed by atoms with Crippen LogP contribution in [0.1, 0.15) is 66.2 Å². The van der Waals surface area contributed by atoms with Crippen molar-refractivity contribution in [3.05, 3.63) is 76.6 Å². The number of hydrogen-bond donors (Lipinski definition) is 2. The van der Waals surface area contributed by atoms with Crippen molar-refractivity contribution >= 4 is 29.1 Å². The molecule has 2 saturated carbocycles. The van der Waals surface area contributed by atoms with E-state index in [1.54, 1.807) is 4.68 Å². The summed E-state index contributed by atoms with van der Waals surface area (Å²) < 4.78 is 7.65. The first-order chi connectivity index (χ1) is 17.5. The number of carbonyl (C=O) groups excluding carboxylic acids is 2. The molecule has 2 amide bonds. The molecule has 188 valence electrons. The van der Waals surface area contributed by atoms with E-state index in [1.807, 2.05) is 55.5 Å². The molecule has 0 bridgehead atoms. The van der Waals surface area contributed by atoms with Gasteiger partial charge in [-0.1, -0.05) is 41.9 Å². The van der Waals surface area contributed by atoms with Gasteiger partial charge in [0.25, 0.3) is 5.91 Å². The number of hydrogen-bond acceptors (Lipinski definition) is 4. The van der Waals surface area contributed by atoms with Crippen LogP contribution >= 0.6 is 11.6 Å². The lowest BCUT2D eigenvalue weighted by Crippen LogP contribution is -2.39. The number of nitrogens with zero attached hydrogens (tertiary/aromatic N) is 2. The van der Waals surface area contributed by atoms with Crippen molar-refractivity contribution in [3.63, 3.8) is 0 Å². The Morgan fingerprint density at radius 1 is 1.06 bits per heavy atom. The molecule has 2 N–H and O–H groups in total. The molecule has 0 atom stereocenters. The first-order valence-corrected chi connectivity index (χ1v) is 13.0. The molecule has 2 aromatic carbocycles. The molecule has 3 aromatic rings. The van der Waals surface area contributed by atoms with Crippen molar-refractivity contribution in [2.45, 2.75) is 64.1 Å². The third-order valence-corrected chi connectivity index (χ3v) is 7.27. The van der Waals surface area contributed by atoms with E-state index in [4.69, 9.17) is 16.3 Å². The first-order valence-electron chi connectivity index (χ1n) is 12.6. The minimum absolute atomic E-state index is 0.0715. The molecule has 1 aromatic heterocycles. The van der Waals surface area contributed by atoms with Crippen LogP contribution in [0.4, 0.5) is 5.69 Å². The van der Waals surface area contributed by atoms with Crippen molar-refractivity contribution in [2.75, 3.05) is 5.32 Å². The average Bonchev–Trinajstić information content (AvgIpc) is 3.67. The third kappa shape index (κ3) is 5.73. The topological polar surface area (TPSA) is 85.2 Å². The molecule has 0 radical (unpaired) electrons. The van der Waals surface area contributed by atoms with Crippen LogP contribution in [-0.4, -0.2) is 27.6 Å². The molecule has 2 fully saturated rings. The van der Waals surface area contributed by atoms with Crippen LogP contribution in [0.25, 0.3) is 0 Å². The van der Waals surface area contributed by atoms with Crippen molar-refractivity contribution in [2.24, 2.45) is 5.92 Å². The maximum atomic E-state index is 13.3. The molecular formula is C28H31ClN4O3. The maximum Gasteiger partial charge on any atom is 0.275 e. The zero-order valence-electron chi connectivity index (χ0n) is 20.4. The molecule has 0 spiro atoms. The normalized spacial score (nSPS) is 19.5. The van der Waals surface area contributed by atoms with Crippen molar-refractivity contribution in [1.29, 1.82) is 0 Å². The largest absolute Gasteiger partial charge is 0.489 e. The van der Waals surface area contributed by atoms with E-state index >= 15 is 0 Å². The van der Waals surface area contributed by atoms with Gasteiger partial charge >= 0.3 is 0 Å². The summed E-state index contributed by atoms with van der Waals surface area (Å²) in [4.78, 5) is 25.3. The Morgan fingerprint density at radius 2 is 1.81 bits per heavy atom. The quantitative estimate of drug-likeness (QED) is 0.411. The SMILES string of the molecule is Cc1cc(OCc2ccccc2)ccc1NC(=O)c1c(Cl)cnn1[C@H]1CC[C@@H](NC(=O)C2CC2)CC1. The van der Waals surface area contributed by atoms with E-state index < -0.39 is 0 Å². The van der Waals surface area contributed by atoms with Gasteiger partial charge < -0.3 is 15.4 Å². The number of ether oxygens (including phenoxy) is 1. The van der Waals surface area contributed by atoms with E-state index in [9.17, 15) is 9.59 Å². The van der Waals surface area contributed by atoms with E-state index in [-0.39, 0.29) is 29.8 Å². The van der Waals surface area contributed by atoms with Crippen LogP contribution in [0, 0.1) is 12.8 Å². The lowest BCUT2D eigenvalue weighted by atomic mass is 9.91. The van der Waals surface area contributed by atoms with Gasteiger partial charge in [-0.15, -0.1) is 0 Å². The summed E-state index contributed by atoms with van der Waals surface area (Å²) in [6.45, 7) is 2.41. The van der Waals surface area contributed by atoms with Crippen LogP contribution in [0.5, 0.6) is 5.75 Å². The predicted octanol–water partition coefficient (Wildman–Crippen LogP) is 5.69. The summed E-state index contributed by atoms with van der Waals surface area (Å²) in [6, 6.07) is 15.9. The number of benzene rings is 2. The Kier molecular flexibility index (Phi) is 7.28. The number of aromatic nitrogens is 2. The van der Waals surface area contributed by atoms with E-state index in [2.05, 4.69) is 15.7 Å². The Hall–Kier alpha value is -3.32. The van der Waals surface area contributed by atoms with Crippen LogP contribution in [-0.2, 0) is 11.4 Å². The fourth-order valence-electron chi connectivity index (χ4n) is 4.75. The second kappa shape index (κ2) is 10.7. The maximum absolute atomic E-state index is 13.3. The first kappa shape index (κ1) is 24.4. The molecule has 2 aliphatic carbocycles. The highest BCUT2D eigenvalue weighted by Gasteiger charge is 2.33. The van der Waals surface area contributed by atoms with Gasteiger partial charge in [0, 0.05) is 17.6 Å². The molecular weight excluding hydrogens is 476 g/mol. The summed E-state index contributed by atoms with van der Waals surface area (Å²) in [5.74, 6) is 0.856. The van der Waals surface area contributed by atoms with Gasteiger partial charge in [0.05, 0.1) is 17.3 Å². The number of amides is 2. The van der Waals surface area contributed by atoms with E-state index in [1.165, 1.54) is 6.20 Å². The van der Waals surface area contributed by atoms with Crippen LogP contribution in [0.3, 0.4) is 0 Å². The zero-order chi connectivity index (χ0) is 25.1. The molecule has 2 aliphatic rings. The Bertz CT molecular complexity index is 1230. The second-order valence-corrected chi connectivity index (χ2v) is 10.2. The summed E-state index contributed by atoms with van der Waals surface area (Å²) in [5.41, 5.74) is 3.05. The van der Waals surface area contributed by atoms with Crippen molar-refractivity contribution in [3.8, 4) is 5.75 Å². The Balaban J connectivity index is 1.20. The summed E-state index contributed by atoms with van der Waals surface area (Å²) in [7, 11) is 0. The minimum Gasteiger partial charge on any atom is -0.489 e. The highest BCUT2D eigenvalue weighted by molar-refractivity contribution is 6.34. The fourth-order valence-corrected chi connectivity index (χ4v) is 4.96. The van der Waals surface area contributed by atoms with Crippen molar-refractivity contribution in [1.82, 2.24) is 15.1 Å². The number of aryl methyl sites for hydroxylation is 1. The fraction of sp³-hybridized carbons (Fsp3) is 0.393. The minimum atomic E-state index is -0.289.